The van der Waals surface area contributed by atoms with Gasteiger partial charge in [-0.1, -0.05) is 43.6 Å². The Bertz CT molecular complexity index is 613. The van der Waals surface area contributed by atoms with Crippen molar-refractivity contribution in [2.75, 3.05) is 0 Å². The molecule has 21 heavy (non-hydrogen) atoms. The van der Waals surface area contributed by atoms with Crippen molar-refractivity contribution >= 4 is 23.5 Å². The molecule has 4 heteroatoms. The number of halogens is 1. The lowest BCUT2D eigenvalue weighted by Gasteiger charge is -2.12. The van der Waals surface area contributed by atoms with Crippen LogP contribution in [0, 0.1) is 13.8 Å². The van der Waals surface area contributed by atoms with Crippen LogP contribution in [0.15, 0.2) is 53.7 Å². The van der Waals surface area contributed by atoms with Crippen molar-refractivity contribution in [1.29, 1.82) is 0 Å². The van der Waals surface area contributed by atoms with Crippen LogP contribution in [-0.2, 0) is 7.05 Å². The molecule has 2 aromatic rings. The summed E-state index contributed by atoms with van der Waals surface area (Å²) in [6.07, 6.45) is 4.02. The summed E-state index contributed by atoms with van der Waals surface area (Å²) in [5.74, 6) is 0. The molecule has 0 fully saturated rings. The summed E-state index contributed by atoms with van der Waals surface area (Å²) in [5, 5.41) is 0.728. The van der Waals surface area contributed by atoms with Gasteiger partial charge in [0.25, 0.3) is 0 Å². The van der Waals surface area contributed by atoms with Gasteiger partial charge in [0.1, 0.15) is 0 Å². The summed E-state index contributed by atoms with van der Waals surface area (Å²) in [6, 6.07) is 12.3. The normalized spacial score (nSPS) is 9.62. The molecule has 0 aliphatic heterocycles. The average Bonchev–Trinajstić information content (AvgIpc) is 2.48. The standard InChI is InChI=1S/C15H17ClN2S.C2H6/c1-12-9-14(16)11-17(3)18(10-13(12)2)19-15-7-5-4-6-8-15;1-2/h4-11H,1-3H3;1-2H3. The zero-order chi connectivity index (χ0) is 15.8. The summed E-state index contributed by atoms with van der Waals surface area (Å²) in [7, 11) is 1.98. The largest absolute Gasteiger partial charge is 0.284 e. The third-order valence-corrected chi connectivity index (χ3v) is 4.08. The lowest BCUT2D eigenvalue weighted by atomic mass is 10.2. The van der Waals surface area contributed by atoms with Crippen molar-refractivity contribution in [1.82, 2.24) is 8.77 Å². The monoisotopic (exact) mass is 322 g/mol. The summed E-state index contributed by atoms with van der Waals surface area (Å²) in [4.78, 5) is 1.19. The minimum Gasteiger partial charge on any atom is -0.284 e. The molecule has 0 spiro atoms. The first-order chi connectivity index (χ1) is 10.1. The molecule has 2 rings (SSSR count). The number of rotatable bonds is 2. The number of aromatic nitrogens is 2. The molecule has 0 amide bonds. The quantitative estimate of drug-likeness (QED) is 0.679. The van der Waals surface area contributed by atoms with Gasteiger partial charge in [0.05, 0.1) is 5.02 Å². The van der Waals surface area contributed by atoms with E-state index in [9.17, 15) is 0 Å². The van der Waals surface area contributed by atoms with Crippen LogP contribution in [0.1, 0.15) is 25.0 Å². The maximum atomic E-state index is 6.20. The highest BCUT2D eigenvalue weighted by molar-refractivity contribution is 7.97. The van der Waals surface area contributed by atoms with E-state index in [0.29, 0.717) is 0 Å². The van der Waals surface area contributed by atoms with Crippen molar-refractivity contribution in [2.24, 2.45) is 7.05 Å². The van der Waals surface area contributed by atoms with Gasteiger partial charge in [0.15, 0.2) is 0 Å². The smallest absolute Gasteiger partial charge is 0.0587 e. The molecule has 1 heterocycles. The fourth-order valence-corrected chi connectivity index (χ4v) is 2.82. The maximum Gasteiger partial charge on any atom is 0.0587 e. The van der Waals surface area contributed by atoms with Crippen LogP contribution in [0.3, 0.4) is 0 Å². The van der Waals surface area contributed by atoms with E-state index >= 15 is 0 Å². The van der Waals surface area contributed by atoms with E-state index in [1.165, 1.54) is 16.0 Å². The molecule has 1 aromatic carbocycles. The van der Waals surface area contributed by atoms with Gasteiger partial charge in [-0.25, -0.2) is 4.09 Å². The second-order valence-electron chi connectivity index (χ2n) is 4.43. The van der Waals surface area contributed by atoms with Gasteiger partial charge in [0.2, 0.25) is 0 Å². The molecule has 0 bridgehead atoms. The van der Waals surface area contributed by atoms with Crippen molar-refractivity contribution in [2.45, 2.75) is 32.6 Å². The number of benzene rings is 1. The van der Waals surface area contributed by atoms with E-state index in [1.54, 1.807) is 11.9 Å². The van der Waals surface area contributed by atoms with E-state index in [-0.39, 0.29) is 0 Å². The van der Waals surface area contributed by atoms with E-state index in [1.807, 2.05) is 56.0 Å². The van der Waals surface area contributed by atoms with Gasteiger partial charge < -0.3 is 0 Å². The molecule has 1 aromatic heterocycles. The van der Waals surface area contributed by atoms with Gasteiger partial charge in [-0.05, 0) is 43.2 Å². The minimum absolute atomic E-state index is 0.728. The fourth-order valence-electron chi connectivity index (χ4n) is 1.63. The second kappa shape index (κ2) is 8.85. The molecule has 114 valence electrons. The van der Waals surface area contributed by atoms with Crippen molar-refractivity contribution in [3.05, 3.63) is 64.9 Å². The van der Waals surface area contributed by atoms with Crippen LogP contribution in [0.2, 0.25) is 5.02 Å². The summed E-state index contributed by atoms with van der Waals surface area (Å²) in [6.45, 7) is 8.16. The van der Waals surface area contributed by atoms with Gasteiger partial charge in [0, 0.05) is 36.3 Å². The van der Waals surface area contributed by atoms with Gasteiger partial charge in [-0.15, -0.1) is 0 Å². The molecule has 2 nitrogen and oxygen atoms in total. The molecule has 0 saturated carbocycles. The van der Waals surface area contributed by atoms with Crippen LogP contribution in [0.4, 0.5) is 0 Å². The van der Waals surface area contributed by atoms with E-state index in [4.69, 9.17) is 11.6 Å². The van der Waals surface area contributed by atoms with Gasteiger partial charge >= 0.3 is 0 Å². The molecule has 0 radical (unpaired) electrons. The van der Waals surface area contributed by atoms with Crippen molar-refractivity contribution in [3.63, 3.8) is 0 Å². The Labute approximate surface area is 137 Å². The Hall–Kier alpha value is -1.32. The number of aryl methyl sites for hydroxylation is 3. The highest BCUT2D eigenvalue weighted by Crippen LogP contribution is 2.20. The van der Waals surface area contributed by atoms with E-state index in [2.05, 4.69) is 36.3 Å². The van der Waals surface area contributed by atoms with Crippen LogP contribution >= 0.6 is 23.5 Å². The SMILES string of the molecule is CC.Cc1cc(Cl)cn(C)n(Sc2ccccc2)cc1C. The van der Waals surface area contributed by atoms with Gasteiger partial charge in [-0.2, -0.15) is 0 Å². The lowest BCUT2D eigenvalue weighted by Crippen LogP contribution is -2.05. The van der Waals surface area contributed by atoms with Crippen molar-refractivity contribution < 1.29 is 0 Å². The molecular weight excluding hydrogens is 300 g/mol. The van der Waals surface area contributed by atoms with Crippen molar-refractivity contribution in [3.8, 4) is 0 Å². The number of hydrogen-bond donors (Lipinski definition) is 0. The topological polar surface area (TPSA) is 9.86 Å². The highest BCUT2D eigenvalue weighted by Gasteiger charge is 1.99. The predicted octanol–water partition coefficient (Wildman–Crippen LogP) is 5.80. The maximum absolute atomic E-state index is 6.20. The first-order valence-electron chi connectivity index (χ1n) is 7.05. The van der Waals surface area contributed by atoms with E-state index < -0.39 is 0 Å². The van der Waals surface area contributed by atoms with E-state index in [0.717, 1.165) is 5.02 Å². The molecule has 0 atom stereocenters. The van der Waals surface area contributed by atoms with Crippen LogP contribution in [-0.4, -0.2) is 8.77 Å². The summed E-state index contributed by atoms with van der Waals surface area (Å²) in [5.41, 5.74) is 2.37. The number of nitrogens with zero attached hydrogens (tertiary/aromatic N) is 2. The first-order valence-corrected chi connectivity index (χ1v) is 8.21. The first kappa shape index (κ1) is 17.7. The average molecular weight is 323 g/mol. The fraction of sp³-hybridized carbons (Fsp3) is 0.294. The van der Waals surface area contributed by atoms with Gasteiger partial charge in [-0.3, -0.25) is 4.68 Å². The molecular formula is C17H23ClN2S. The molecule has 0 aliphatic carbocycles. The Kier molecular flexibility index (Phi) is 7.48. The Morgan fingerprint density at radius 2 is 1.57 bits per heavy atom. The lowest BCUT2D eigenvalue weighted by molar-refractivity contribution is 0.701. The van der Waals surface area contributed by atoms with Crippen LogP contribution in [0.5, 0.6) is 0 Å². The third-order valence-electron chi connectivity index (χ3n) is 2.84. The molecule has 0 unspecified atom stereocenters. The Balaban J connectivity index is 0.00000106. The van der Waals surface area contributed by atoms with Crippen LogP contribution in [0.25, 0.3) is 0 Å². The van der Waals surface area contributed by atoms with Crippen LogP contribution < -0.4 is 0 Å². The zero-order valence-corrected chi connectivity index (χ0v) is 14.9. The summed E-state index contributed by atoms with van der Waals surface area (Å²) < 4.78 is 4.05. The molecule has 0 N–H and O–H groups in total. The predicted molar refractivity (Wildman–Crippen MR) is 94.6 cm³/mol. The highest BCUT2D eigenvalue weighted by atomic mass is 35.5. The zero-order valence-electron chi connectivity index (χ0n) is 13.3. The minimum atomic E-state index is 0.728. The number of hydrogen-bond acceptors (Lipinski definition) is 1. The summed E-state index contributed by atoms with van der Waals surface area (Å²) >= 11 is 7.85. The second-order valence-corrected chi connectivity index (χ2v) is 5.90. The Morgan fingerprint density at radius 1 is 0.952 bits per heavy atom. The third kappa shape index (κ3) is 5.52. The molecule has 0 saturated heterocycles. The molecule has 0 aliphatic rings. The Morgan fingerprint density at radius 3 is 2.19 bits per heavy atom.